The van der Waals surface area contributed by atoms with E-state index < -0.39 is 0 Å². The van der Waals surface area contributed by atoms with Gasteiger partial charge >= 0.3 is 0 Å². The summed E-state index contributed by atoms with van der Waals surface area (Å²) in [4.78, 5) is 13.3. The third-order valence-electron chi connectivity index (χ3n) is 4.30. The summed E-state index contributed by atoms with van der Waals surface area (Å²) in [6.45, 7) is 2.83. The molecule has 1 N–H and O–H groups in total. The Morgan fingerprint density at radius 2 is 2.04 bits per heavy atom. The summed E-state index contributed by atoms with van der Waals surface area (Å²) in [6.07, 6.45) is 4.16. The summed E-state index contributed by atoms with van der Waals surface area (Å²) in [6, 6.07) is 6.36. The van der Waals surface area contributed by atoms with E-state index in [1.54, 1.807) is 17.2 Å². The largest absolute Gasteiger partial charge is 0.369 e. The SMILES string of the molecule is Cc1ccc2c(c1)nc(CCNc1ncnc3c1cnn3C)n2C. The molecule has 7 nitrogen and oxygen atoms in total. The summed E-state index contributed by atoms with van der Waals surface area (Å²) in [7, 11) is 3.94. The van der Waals surface area contributed by atoms with Crippen molar-refractivity contribution in [2.45, 2.75) is 13.3 Å². The van der Waals surface area contributed by atoms with Crippen LogP contribution in [0.1, 0.15) is 11.4 Å². The molecule has 0 amide bonds. The monoisotopic (exact) mass is 321 g/mol. The highest BCUT2D eigenvalue weighted by molar-refractivity contribution is 5.85. The van der Waals surface area contributed by atoms with Crippen LogP contribution < -0.4 is 5.32 Å². The molecule has 0 radical (unpaired) electrons. The molecule has 4 rings (SSSR count). The Labute approximate surface area is 139 Å². The second-order valence-electron chi connectivity index (χ2n) is 5.98. The molecule has 0 saturated carbocycles. The first-order chi connectivity index (χ1) is 11.6. The Hall–Kier alpha value is -2.96. The molecule has 3 aromatic heterocycles. The Kier molecular flexibility index (Phi) is 3.41. The first-order valence-electron chi connectivity index (χ1n) is 7.92. The number of anilines is 1. The maximum Gasteiger partial charge on any atom is 0.163 e. The number of aromatic nitrogens is 6. The van der Waals surface area contributed by atoms with Crippen LogP contribution in [-0.4, -0.2) is 35.8 Å². The van der Waals surface area contributed by atoms with Gasteiger partial charge in [0.05, 0.1) is 22.6 Å². The summed E-state index contributed by atoms with van der Waals surface area (Å²) in [5, 5.41) is 8.54. The number of nitrogens with one attached hydrogen (secondary N) is 1. The predicted molar refractivity (Wildman–Crippen MR) is 93.9 cm³/mol. The predicted octanol–water partition coefficient (Wildman–Crippen LogP) is 2.21. The molecule has 7 heteroatoms. The summed E-state index contributed by atoms with van der Waals surface area (Å²) >= 11 is 0. The maximum atomic E-state index is 4.74. The fraction of sp³-hybridized carbons (Fsp3) is 0.294. The highest BCUT2D eigenvalue weighted by Crippen LogP contribution is 2.19. The van der Waals surface area contributed by atoms with Crippen molar-refractivity contribution < 1.29 is 0 Å². The number of imidazole rings is 1. The highest BCUT2D eigenvalue weighted by atomic mass is 15.3. The van der Waals surface area contributed by atoms with E-state index in [1.807, 2.05) is 7.05 Å². The first-order valence-corrected chi connectivity index (χ1v) is 7.92. The van der Waals surface area contributed by atoms with Crippen molar-refractivity contribution in [1.29, 1.82) is 0 Å². The van der Waals surface area contributed by atoms with Crippen molar-refractivity contribution in [3.8, 4) is 0 Å². The molecule has 0 unspecified atom stereocenters. The number of fused-ring (bicyclic) bond motifs is 2. The van der Waals surface area contributed by atoms with Crippen LogP contribution in [0, 0.1) is 6.92 Å². The van der Waals surface area contributed by atoms with Gasteiger partial charge in [0.1, 0.15) is 18.0 Å². The molecule has 0 saturated heterocycles. The fourth-order valence-electron chi connectivity index (χ4n) is 2.98. The van der Waals surface area contributed by atoms with Gasteiger partial charge in [-0.3, -0.25) is 4.68 Å². The van der Waals surface area contributed by atoms with Crippen LogP contribution >= 0.6 is 0 Å². The summed E-state index contributed by atoms with van der Waals surface area (Å²) < 4.78 is 3.89. The lowest BCUT2D eigenvalue weighted by Gasteiger charge is -2.06. The van der Waals surface area contributed by atoms with Gasteiger partial charge in [-0.15, -0.1) is 0 Å². The van der Waals surface area contributed by atoms with Gasteiger partial charge in [-0.25, -0.2) is 15.0 Å². The molecule has 4 aromatic rings. The fourth-order valence-corrected chi connectivity index (χ4v) is 2.98. The van der Waals surface area contributed by atoms with E-state index in [0.29, 0.717) is 0 Å². The van der Waals surface area contributed by atoms with Gasteiger partial charge in [-0.1, -0.05) is 6.07 Å². The second-order valence-corrected chi connectivity index (χ2v) is 5.98. The van der Waals surface area contributed by atoms with Gasteiger partial charge in [0.25, 0.3) is 0 Å². The van der Waals surface area contributed by atoms with Crippen molar-refractivity contribution in [2.24, 2.45) is 14.1 Å². The normalized spacial score (nSPS) is 11.5. The molecule has 3 heterocycles. The van der Waals surface area contributed by atoms with Crippen LogP contribution in [-0.2, 0) is 20.5 Å². The highest BCUT2D eigenvalue weighted by Gasteiger charge is 2.10. The Balaban J connectivity index is 1.54. The number of nitrogens with zero attached hydrogens (tertiary/aromatic N) is 6. The average Bonchev–Trinajstić information content (AvgIpc) is 3.09. The topological polar surface area (TPSA) is 73.5 Å². The molecule has 24 heavy (non-hydrogen) atoms. The van der Waals surface area contributed by atoms with Crippen molar-refractivity contribution in [3.05, 3.63) is 42.1 Å². The minimum Gasteiger partial charge on any atom is -0.369 e. The molecule has 1 aromatic carbocycles. The minimum absolute atomic E-state index is 0.747. The van der Waals surface area contributed by atoms with Gasteiger partial charge in [0.15, 0.2) is 5.65 Å². The van der Waals surface area contributed by atoms with E-state index in [1.165, 1.54) is 5.56 Å². The lowest BCUT2D eigenvalue weighted by molar-refractivity contribution is 0.785. The molecule has 0 spiro atoms. The molecule has 0 fully saturated rings. The molecule has 122 valence electrons. The molecular weight excluding hydrogens is 302 g/mol. The van der Waals surface area contributed by atoms with Gasteiger partial charge < -0.3 is 9.88 Å². The van der Waals surface area contributed by atoms with E-state index in [9.17, 15) is 0 Å². The molecule has 0 atom stereocenters. The maximum absolute atomic E-state index is 4.74. The standard InChI is InChI=1S/C17H19N7/c1-11-4-5-14-13(8-11)22-15(23(14)2)6-7-18-16-12-9-21-24(3)17(12)20-10-19-16/h4-5,8-10H,6-7H2,1-3H3,(H,18,19,20). The summed E-state index contributed by atoms with van der Waals surface area (Å²) in [5.41, 5.74) is 4.26. The number of hydrogen-bond donors (Lipinski definition) is 1. The molecule has 0 bridgehead atoms. The zero-order valence-electron chi connectivity index (χ0n) is 14.0. The van der Waals surface area contributed by atoms with Gasteiger partial charge in [0, 0.05) is 27.1 Å². The molecule has 0 aliphatic rings. The van der Waals surface area contributed by atoms with Crippen molar-refractivity contribution >= 4 is 27.9 Å². The van der Waals surface area contributed by atoms with Crippen LogP contribution in [0.4, 0.5) is 5.82 Å². The minimum atomic E-state index is 0.747. The Morgan fingerprint density at radius 3 is 2.92 bits per heavy atom. The molecule has 0 aliphatic heterocycles. The zero-order valence-corrected chi connectivity index (χ0v) is 14.0. The van der Waals surface area contributed by atoms with Crippen LogP contribution in [0.2, 0.25) is 0 Å². The Bertz CT molecular complexity index is 1030. The van der Waals surface area contributed by atoms with Gasteiger partial charge in [-0.05, 0) is 24.6 Å². The third kappa shape index (κ3) is 2.38. The second kappa shape index (κ2) is 5.59. The van der Waals surface area contributed by atoms with Crippen molar-refractivity contribution in [2.75, 3.05) is 11.9 Å². The van der Waals surface area contributed by atoms with E-state index in [2.05, 4.69) is 57.1 Å². The van der Waals surface area contributed by atoms with Gasteiger partial charge in [-0.2, -0.15) is 5.10 Å². The van der Waals surface area contributed by atoms with Gasteiger partial charge in [0.2, 0.25) is 0 Å². The molecular formula is C17H19N7. The quantitative estimate of drug-likeness (QED) is 0.624. The van der Waals surface area contributed by atoms with Crippen LogP contribution in [0.15, 0.2) is 30.7 Å². The number of benzene rings is 1. The average molecular weight is 321 g/mol. The zero-order chi connectivity index (χ0) is 16.7. The summed E-state index contributed by atoms with van der Waals surface area (Å²) in [5.74, 6) is 1.86. The number of rotatable bonds is 4. The van der Waals surface area contributed by atoms with E-state index in [-0.39, 0.29) is 0 Å². The lowest BCUT2D eigenvalue weighted by atomic mass is 10.2. The lowest BCUT2D eigenvalue weighted by Crippen LogP contribution is -2.10. The smallest absolute Gasteiger partial charge is 0.163 e. The van der Waals surface area contributed by atoms with E-state index in [0.717, 1.165) is 46.7 Å². The van der Waals surface area contributed by atoms with E-state index >= 15 is 0 Å². The van der Waals surface area contributed by atoms with Crippen LogP contribution in [0.25, 0.3) is 22.1 Å². The van der Waals surface area contributed by atoms with Crippen LogP contribution in [0.3, 0.4) is 0 Å². The molecule has 0 aliphatic carbocycles. The van der Waals surface area contributed by atoms with Crippen molar-refractivity contribution in [3.63, 3.8) is 0 Å². The van der Waals surface area contributed by atoms with E-state index in [4.69, 9.17) is 4.98 Å². The van der Waals surface area contributed by atoms with Crippen molar-refractivity contribution in [1.82, 2.24) is 29.3 Å². The third-order valence-corrected chi connectivity index (χ3v) is 4.30. The number of hydrogen-bond acceptors (Lipinski definition) is 5. The number of aryl methyl sites for hydroxylation is 3. The Morgan fingerprint density at radius 1 is 1.17 bits per heavy atom. The first kappa shape index (κ1) is 14.6. The van der Waals surface area contributed by atoms with Crippen LogP contribution in [0.5, 0.6) is 0 Å².